The Morgan fingerprint density at radius 2 is 2.10 bits per heavy atom. The quantitative estimate of drug-likeness (QED) is 0.331. The minimum absolute atomic E-state index is 0.0973. The number of nitrogens with two attached hydrogens (primary N) is 1. The molecule has 6 nitrogen and oxygen atoms in total. The van der Waals surface area contributed by atoms with Crippen LogP contribution in [0, 0.1) is 11.8 Å². The molecule has 1 unspecified atom stereocenters. The van der Waals surface area contributed by atoms with Crippen LogP contribution in [0.3, 0.4) is 0 Å². The Labute approximate surface area is 126 Å². The summed E-state index contributed by atoms with van der Waals surface area (Å²) in [6.45, 7) is 3.65. The number of methoxy groups -OCH3 is 1. The molecular weight excluding hydrogens is 326 g/mol. The van der Waals surface area contributed by atoms with E-state index in [9.17, 15) is 4.79 Å². The average Bonchev–Trinajstić information content (AvgIpc) is 2.37. The zero-order chi connectivity index (χ0) is 15.3. The summed E-state index contributed by atoms with van der Waals surface area (Å²) in [6.07, 6.45) is 0. The highest BCUT2D eigenvalue weighted by atomic mass is 79.9. The van der Waals surface area contributed by atoms with Gasteiger partial charge in [0.2, 0.25) is 5.91 Å². The maximum Gasteiger partial charge on any atom is 0.235 e. The third-order valence-corrected chi connectivity index (χ3v) is 3.22. The van der Waals surface area contributed by atoms with Gasteiger partial charge in [-0.25, -0.2) is 0 Å². The second-order valence-electron chi connectivity index (χ2n) is 4.62. The zero-order valence-corrected chi connectivity index (χ0v) is 13.1. The van der Waals surface area contributed by atoms with Crippen LogP contribution < -0.4 is 15.8 Å². The van der Waals surface area contributed by atoms with E-state index in [-0.39, 0.29) is 17.7 Å². The number of rotatable bonds is 5. The van der Waals surface area contributed by atoms with Crippen molar-refractivity contribution in [2.75, 3.05) is 12.4 Å². The molecule has 0 aromatic heterocycles. The predicted molar refractivity (Wildman–Crippen MR) is 81.1 cm³/mol. The maximum absolute atomic E-state index is 12.2. The Hall–Kier alpha value is -1.76. The zero-order valence-electron chi connectivity index (χ0n) is 11.6. The lowest BCUT2D eigenvalue weighted by molar-refractivity contribution is -0.119. The molecule has 0 saturated heterocycles. The summed E-state index contributed by atoms with van der Waals surface area (Å²) < 4.78 is 5.90. The van der Waals surface area contributed by atoms with Crippen LogP contribution in [0.25, 0.3) is 0 Å². The van der Waals surface area contributed by atoms with Crippen molar-refractivity contribution in [2.24, 2.45) is 22.7 Å². The van der Waals surface area contributed by atoms with Crippen LogP contribution in [0.4, 0.5) is 5.69 Å². The number of halogens is 1. The van der Waals surface area contributed by atoms with Crippen LogP contribution in [0.2, 0.25) is 0 Å². The first-order valence-electron chi connectivity index (χ1n) is 6.02. The van der Waals surface area contributed by atoms with E-state index < -0.39 is 5.92 Å². The van der Waals surface area contributed by atoms with Crippen molar-refractivity contribution in [3.63, 3.8) is 0 Å². The van der Waals surface area contributed by atoms with E-state index in [1.165, 1.54) is 0 Å². The molecule has 20 heavy (non-hydrogen) atoms. The minimum atomic E-state index is -0.704. The van der Waals surface area contributed by atoms with Gasteiger partial charge in [-0.3, -0.25) is 4.79 Å². The van der Waals surface area contributed by atoms with E-state index in [1.54, 1.807) is 25.3 Å². The molecule has 0 fully saturated rings. The number of ether oxygens (including phenoxy) is 1. The highest BCUT2D eigenvalue weighted by Crippen LogP contribution is 2.25. The van der Waals surface area contributed by atoms with Gasteiger partial charge in [0.1, 0.15) is 11.7 Å². The van der Waals surface area contributed by atoms with Crippen LogP contribution in [-0.4, -0.2) is 24.1 Å². The minimum Gasteiger partial charge on any atom is -0.497 e. The number of benzene rings is 1. The third-order valence-electron chi connectivity index (χ3n) is 2.76. The van der Waals surface area contributed by atoms with E-state index in [0.29, 0.717) is 11.4 Å². The van der Waals surface area contributed by atoms with Gasteiger partial charge in [-0.15, -0.1) is 0 Å². The fourth-order valence-corrected chi connectivity index (χ4v) is 2.29. The summed E-state index contributed by atoms with van der Waals surface area (Å²) in [5.74, 6) is -0.639. The molecule has 1 rings (SSSR count). The second-order valence-corrected chi connectivity index (χ2v) is 5.53. The molecule has 0 aliphatic rings. The van der Waals surface area contributed by atoms with Gasteiger partial charge >= 0.3 is 0 Å². The molecule has 0 aliphatic heterocycles. The largest absolute Gasteiger partial charge is 0.497 e. The van der Waals surface area contributed by atoms with E-state index >= 15 is 0 Å². The van der Waals surface area contributed by atoms with Crippen molar-refractivity contribution in [1.82, 2.24) is 0 Å². The summed E-state index contributed by atoms with van der Waals surface area (Å²) in [5, 5.41) is 14.4. The number of oxime groups is 1. The number of amidine groups is 1. The van der Waals surface area contributed by atoms with Crippen LogP contribution in [0.5, 0.6) is 5.75 Å². The molecule has 0 bridgehead atoms. The van der Waals surface area contributed by atoms with Crippen molar-refractivity contribution in [3.05, 3.63) is 22.7 Å². The number of hydrogen-bond acceptors (Lipinski definition) is 4. The predicted octanol–water partition coefficient (Wildman–Crippen LogP) is 2.41. The van der Waals surface area contributed by atoms with Gasteiger partial charge in [-0.1, -0.05) is 34.9 Å². The first-order chi connectivity index (χ1) is 9.38. The van der Waals surface area contributed by atoms with Crippen LogP contribution >= 0.6 is 15.9 Å². The highest BCUT2D eigenvalue weighted by molar-refractivity contribution is 9.10. The highest BCUT2D eigenvalue weighted by Gasteiger charge is 2.26. The first-order valence-corrected chi connectivity index (χ1v) is 6.81. The number of nitrogens with zero attached hydrogens (tertiary/aromatic N) is 1. The first kappa shape index (κ1) is 16.3. The van der Waals surface area contributed by atoms with Crippen LogP contribution in [0.1, 0.15) is 13.8 Å². The van der Waals surface area contributed by atoms with E-state index in [0.717, 1.165) is 4.47 Å². The van der Waals surface area contributed by atoms with Crippen LogP contribution in [-0.2, 0) is 4.79 Å². The lowest BCUT2D eigenvalue weighted by Gasteiger charge is -2.19. The maximum atomic E-state index is 12.2. The number of amides is 1. The summed E-state index contributed by atoms with van der Waals surface area (Å²) in [5.41, 5.74) is 6.13. The van der Waals surface area contributed by atoms with Gasteiger partial charge in [0.05, 0.1) is 7.11 Å². The molecule has 0 saturated carbocycles. The van der Waals surface area contributed by atoms with Gasteiger partial charge < -0.3 is 21.0 Å². The summed E-state index contributed by atoms with van der Waals surface area (Å²) >= 11 is 3.33. The van der Waals surface area contributed by atoms with Gasteiger partial charge in [0.25, 0.3) is 0 Å². The van der Waals surface area contributed by atoms with Gasteiger partial charge in [0, 0.05) is 16.2 Å². The molecule has 4 N–H and O–H groups in total. The monoisotopic (exact) mass is 343 g/mol. The molecule has 0 heterocycles. The molecule has 1 aromatic carbocycles. The van der Waals surface area contributed by atoms with E-state index in [2.05, 4.69) is 26.4 Å². The van der Waals surface area contributed by atoms with Crippen molar-refractivity contribution >= 4 is 33.4 Å². The summed E-state index contributed by atoms with van der Waals surface area (Å²) in [4.78, 5) is 12.2. The number of nitrogens with one attached hydrogen (secondary N) is 1. The number of carbonyl (C=O) groups excluding carboxylic acids is 1. The molecule has 0 aliphatic carbocycles. The van der Waals surface area contributed by atoms with Gasteiger partial charge in [0.15, 0.2) is 5.84 Å². The normalized spacial score (nSPS) is 13.2. The molecule has 1 amide bonds. The fourth-order valence-electron chi connectivity index (χ4n) is 1.81. The standard InChI is InChI=1S/C13H18BrN3O3/c1-7(2)11(12(15)17-19)13(18)16-9-4-8(14)5-10(6-9)20-3/h4-7,11,19H,1-3H3,(H2,15,17)(H,16,18). The van der Waals surface area contributed by atoms with Crippen LogP contribution in [0.15, 0.2) is 27.8 Å². The Morgan fingerprint density at radius 3 is 2.60 bits per heavy atom. The number of carbonyl (C=O) groups is 1. The van der Waals surface area contributed by atoms with Crippen molar-refractivity contribution in [2.45, 2.75) is 13.8 Å². The van der Waals surface area contributed by atoms with E-state index in [4.69, 9.17) is 15.7 Å². The molecule has 0 radical (unpaired) electrons. The fraction of sp³-hybridized carbons (Fsp3) is 0.385. The summed E-state index contributed by atoms with van der Waals surface area (Å²) in [7, 11) is 1.54. The lowest BCUT2D eigenvalue weighted by Crippen LogP contribution is -2.38. The molecule has 1 aromatic rings. The Kier molecular flexibility index (Phi) is 5.82. The molecular formula is C13H18BrN3O3. The third kappa shape index (κ3) is 4.12. The SMILES string of the molecule is COc1cc(Br)cc(NC(=O)C(/C(N)=N/O)C(C)C)c1. The number of anilines is 1. The molecule has 0 spiro atoms. The van der Waals surface area contributed by atoms with Crippen molar-refractivity contribution < 1.29 is 14.7 Å². The van der Waals surface area contributed by atoms with Gasteiger partial charge in [-0.05, 0) is 18.1 Å². The average molecular weight is 344 g/mol. The summed E-state index contributed by atoms with van der Waals surface area (Å²) in [6, 6.07) is 5.20. The second kappa shape index (κ2) is 7.14. The van der Waals surface area contributed by atoms with Crippen molar-refractivity contribution in [1.29, 1.82) is 0 Å². The molecule has 1 atom stereocenters. The topological polar surface area (TPSA) is 96.9 Å². The Balaban J connectivity index is 2.96. The Morgan fingerprint density at radius 1 is 1.45 bits per heavy atom. The number of hydrogen-bond donors (Lipinski definition) is 3. The van der Waals surface area contributed by atoms with Gasteiger partial charge in [-0.2, -0.15) is 0 Å². The molecule has 7 heteroatoms. The smallest absolute Gasteiger partial charge is 0.235 e. The lowest BCUT2D eigenvalue weighted by atomic mass is 9.94. The molecule has 110 valence electrons. The Bertz CT molecular complexity index is 518. The van der Waals surface area contributed by atoms with Crippen molar-refractivity contribution in [3.8, 4) is 5.75 Å². The van der Waals surface area contributed by atoms with E-state index in [1.807, 2.05) is 13.8 Å².